The second kappa shape index (κ2) is 9.94. The third kappa shape index (κ3) is 5.24. The molecule has 6 heteroatoms. The van der Waals surface area contributed by atoms with Gasteiger partial charge in [0.1, 0.15) is 0 Å². The largest absolute Gasteiger partial charge is 0.459 e. The predicted molar refractivity (Wildman–Crippen MR) is 115 cm³/mol. The summed E-state index contributed by atoms with van der Waals surface area (Å²) in [4.78, 5) is 38.8. The van der Waals surface area contributed by atoms with E-state index in [4.69, 9.17) is 9.15 Å². The van der Waals surface area contributed by atoms with Crippen molar-refractivity contribution in [2.24, 2.45) is 5.92 Å². The summed E-state index contributed by atoms with van der Waals surface area (Å²) in [5.74, 6) is -0.0977. The van der Waals surface area contributed by atoms with E-state index < -0.39 is 0 Å². The number of benzene rings is 1. The summed E-state index contributed by atoms with van der Waals surface area (Å²) in [5, 5.41) is 0. The first kappa shape index (κ1) is 21.3. The highest BCUT2D eigenvalue weighted by Gasteiger charge is 2.30. The molecule has 0 N–H and O–H groups in total. The van der Waals surface area contributed by atoms with Crippen LogP contribution in [0.1, 0.15) is 77.3 Å². The number of rotatable bonds is 6. The average Bonchev–Trinajstić information content (AvgIpc) is 3.38. The number of amides is 1. The van der Waals surface area contributed by atoms with Gasteiger partial charge in [-0.15, -0.1) is 0 Å². The molecule has 2 aliphatic rings. The van der Waals surface area contributed by atoms with Crippen molar-refractivity contribution in [1.82, 2.24) is 4.90 Å². The van der Waals surface area contributed by atoms with Crippen molar-refractivity contribution in [2.45, 2.75) is 50.9 Å². The Morgan fingerprint density at radius 1 is 0.935 bits per heavy atom. The highest BCUT2D eigenvalue weighted by molar-refractivity contribution is 5.98. The molecule has 2 fully saturated rings. The van der Waals surface area contributed by atoms with Crippen molar-refractivity contribution in [3.63, 3.8) is 0 Å². The predicted octanol–water partition coefficient (Wildman–Crippen LogP) is 4.61. The van der Waals surface area contributed by atoms with E-state index in [1.165, 1.54) is 43.9 Å². The van der Waals surface area contributed by atoms with Crippen LogP contribution < -0.4 is 0 Å². The molecule has 0 atom stereocenters. The van der Waals surface area contributed by atoms with Crippen molar-refractivity contribution in [1.29, 1.82) is 0 Å². The lowest BCUT2D eigenvalue weighted by atomic mass is 9.84. The molecule has 0 bridgehead atoms. The Balaban J connectivity index is 1.22. The Morgan fingerprint density at radius 3 is 2.29 bits per heavy atom. The fourth-order valence-electron chi connectivity index (χ4n) is 4.59. The molecule has 6 nitrogen and oxygen atoms in total. The molecule has 1 saturated heterocycles. The summed E-state index contributed by atoms with van der Waals surface area (Å²) in [7, 11) is 0. The van der Waals surface area contributed by atoms with Gasteiger partial charge in [-0.1, -0.05) is 43.5 Å². The van der Waals surface area contributed by atoms with Gasteiger partial charge in [-0.05, 0) is 49.3 Å². The van der Waals surface area contributed by atoms with Crippen LogP contribution in [0, 0.1) is 5.92 Å². The van der Waals surface area contributed by atoms with Gasteiger partial charge in [-0.3, -0.25) is 14.4 Å². The first-order chi connectivity index (χ1) is 15.1. The summed E-state index contributed by atoms with van der Waals surface area (Å²) < 4.78 is 10.5. The van der Waals surface area contributed by atoms with E-state index in [9.17, 15) is 14.4 Å². The molecule has 0 spiro atoms. The maximum atomic E-state index is 12.5. The maximum absolute atomic E-state index is 12.5. The Morgan fingerprint density at radius 2 is 1.65 bits per heavy atom. The van der Waals surface area contributed by atoms with Crippen LogP contribution in [0.3, 0.4) is 0 Å². The molecule has 1 amide bonds. The van der Waals surface area contributed by atoms with Crippen LogP contribution in [0.15, 0.2) is 47.1 Å². The number of nitrogens with zero attached hydrogens (tertiary/aromatic N) is 1. The number of hydrogen-bond acceptors (Lipinski definition) is 5. The quantitative estimate of drug-likeness (QED) is 0.501. The van der Waals surface area contributed by atoms with E-state index in [1.54, 1.807) is 17.0 Å². The van der Waals surface area contributed by atoms with E-state index >= 15 is 0 Å². The SMILES string of the molecule is O=C(COC(=O)C1CCN(C(=O)c2ccco2)CC1)c1ccc(C2CCCCC2)cc1. The van der Waals surface area contributed by atoms with Crippen molar-refractivity contribution in [2.75, 3.05) is 19.7 Å². The summed E-state index contributed by atoms with van der Waals surface area (Å²) in [6, 6.07) is 11.1. The zero-order valence-electron chi connectivity index (χ0n) is 17.8. The van der Waals surface area contributed by atoms with E-state index in [1.807, 2.05) is 24.3 Å². The van der Waals surface area contributed by atoms with Crippen LogP contribution in [0.5, 0.6) is 0 Å². The van der Waals surface area contributed by atoms with Crippen LogP contribution in [0.25, 0.3) is 0 Å². The summed E-state index contributed by atoms with van der Waals surface area (Å²) in [5.41, 5.74) is 1.87. The van der Waals surface area contributed by atoms with Crippen molar-refractivity contribution >= 4 is 17.7 Å². The third-order valence-electron chi connectivity index (χ3n) is 6.50. The fourth-order valence-corrected chi connectivity index (χ4v) is 4.59. The Bertz CT molecular complexity index is 889. The zero-order chi connectivity index (χ0) is 21.6. The molecule has 2 aromatic rings. The van der Waals surface area contributed by atoms with Gasteiger partial charge in [-0.25, -0.2) is 0 Å². The number of furan rings is 1. The Labute approximate surface area is 182 Å². The van der Waals surface area contributed by atoms with Gasteiger partial charge < -0.3 is 14.1 Å². The van der Waals surface area contributed by atoms with Crippen molar-refractivity contribution in [3.05, 3.63) is 59.5 Å². The topological polar surface area (TPSA) is 76.8 Å². The normalized spacial score (nSPS) is 18.0. The standard InChI is InChI=1S/C25H29NO5/c27-22(20-10-8-19(9-11-20)18-5-2-1-3-6-18)17-31-25(29)21-12-14-26(15-13-21)24(28)23-7-4-16-30-23/h4,7-11,16,18,21H,1-3,5-6,12-15,17H2. The highest BCUT2D eigenvalue weighted by atomic mass is 16.5. The van der Waals surface area contributed by atoms with Crippen LogP contribution >= 0.6 is 0 Å². The van der Waals surface area contributed by atoms with Crippen molar-refractivity contribution < 1.29 is 23.5 Å². The number of piperidine rings is 1. The van der Waals surface area contributed by atoms with Gasteiger partial charge >= 0.3 is 5.97 Å². The highest BCUT2D eigenvalue weighted by Crippen LogP contribution is 2.32. The molecule has 1 saturated carbocycles. The number of Topliss-reactive ketones (excluding diaryl/α,β-unsaturated/α-hetero) is 1. The van der Waals surface area contributed by atoms with E-state index in [0.717, 1.165) is 0 Å². The van der Waals surface area contributed by atoms with E-state index in [2.05, 4.69) is 0 Å². The minimum Gasteiger partial charge on any atom is -0.459 e. The zero-order valence-corrected chi connectivity index (χ0v) is 17.8. The molecule has 0 unspecified atom stereocenters. The minimum atomic E-state index is -0.364. The van der Waals surface area contributed by atoms with Gasteiger partial charge in [0.15, 0.2) is 18.2 Å². The number of ether oxygens (including phenoxy) is 1. The van der Waals surface area contributed by atoms with Gasteiger partial charge in [0.25, 0.3) is 5.91 Å². The molecule has 1 aromatic carbocycles. The lowest BCUT2D eigenvalue weighted by Crippen LogP contribution is -2.40. The Hall–Kier alpha value is -2.89. The summed E-state index contributed by atoms with van der Waals surface area (Å²) >= 11 is 0. The minimum absolute atomic E-state index is 0.163. The maximum Gasteiger partial charge on any atom is 0.309 e. The van der Waals surface area contributed by atoms with Gasteiger partial charge in [0, 0.05) is 18.7 Å². The fraction of sp³-hybridized carbons (Fsp3) is 0.480. The molecule has 164 valence electrons. The molecular weight excluding hydrogens is 394 g/mol. The van der Waals surface area contributed by atoms with Crippen LogP contribution in [0.2, 0.25) is 0 Å². The first-order valence-corrected chi connectivity index (χ1v) is 11.2. The van der Waals surface area contributed by atoms with E-state index in [0.29, 0.717) is 43.2 Å². The molecule has 1 aliphatic carbocycles. The molecule has 1 aromatic heterocycles. The van der Waals surface area contributed by atoms with E-state index in [-0.39, 0.29) is 30.2 Å². The average molecular weight is 424 g/mol. The number of carbonyl (C=O) groups is 3. The number of likely N-dealkylation sites (tertiary alicyclic amines) is 1. The van der Waals surface area contributed by atoms with Gasteiger partial charge in [0.05, 0.1) is 12.2 Å². The number of esters is 1. The number of carbonyl (C=O) groups excluding carboxylic acids is 3. The van der Waals surface area contributed by atoms with Crippen LogP contribution in [-0.2, 0) is 9.53 Å². The second-order valence-electron chi connectivity index (χ2n) is 8.53. The van der Waals surface area contributed by atoms with Crippen LogP contribution in [-0.4, -0.2) is 42.3 Å². The lowest BCUT2D eigenvalue weighted by Gasteiger charge is -2.30. The third-order valence-corrected chi connectivity index (χ3v) is 6.50. The first-order valence-electron chi connectivity index (χ1n) is 11.2. The molecule has 2 heterocycles. The lowest BCUT2D eigenvalue weighted by molar-refractivity contribution is -0.148. The number of ketones is 1. The van der Waals surface area contributed by atoms with Gasteiger partial charge in [0.2, 0.25) is 0 Å². The summed E-state index contributed by atoms with van der Waals surface area (Å²) in [6.45, 7) is 0.693. The molecule has 31 heavy (non-hydrogen) atoms. The molecule has 4 rings (SSSR count). The second-order valence-corrected chi connectivity index (χ2v) is 8.53. The van der Waals surface area contributed by atoms with Gasteiger partial charge in [-0.2, -0.15) is 0 Å². The van der Waals surface area contributed by atoms with Crippen LogP contribution in [0.4, 0.5) is 0 Å². The molecule has 1 aliphatic heterocycles. The summed E-state index contributed by atoms with van der Waals surface area (Å²) in [6.07, 6.45) is 8.82. The Kier molecular flexibility index (Phi) is 6.85. The smallest absolute Gasteiger partial charge is 0.309 e. The number of hydrogen-bond donors (Lipinski definition) is 0. The molecular formula is C25H29NO5. The van der Waals surface area contributed by atoms with Crippen molar-refractivity contribution in [3.8, 4) is 0 Å². The molecule has 0 radical (unpaired) electrons. The monoisotopic (exact) mass is 423 g/mol.